The molecule has 0 saturated carbocycles. The summed E-state index contributed by atoms with van der Waals surface area (Å²) in [4.78, 5) is 25.1. The molecule has 0 bridgehead atoms. The van der Waals surface area contributed by atoms with E-state index in [-0.39, 0.29) is 11.6 Å². The first-order chi connectivity index (χ1) is 12.0. The number of nitrogens with one attached hydrogen (secondary N) is 1. The molecular formula is C19H23N3O3. The average molecular weight is 341 g/mol. The Hall–Kier alpha value is -2.89. The molecule has 0 radical (unpaired) electrons. The second-order valence-corrected chi connectivity index (χ2v) is 5.73. The van der Waals surface area contributed by atoms with Gasteiger partial charge in [0.05, 0.1) is 4.92 Å². The monoisotopic (exact) mass is 341 g/mol. The third-order valence-electron chi connectivity index (χ3n) is 4.26. The summed E-state index contributed by atoms with van der Waals surface area (Å²) in [6.07, 6.45) is 0. The van der Waals surface area contributed by atoms with Crippen LogP contribution in [0.15, 0.2) is 42.5 Å². The number of amides is 1. The molecule has 132 valence electrons. The zero-order valence-corrected chi connectivity index (χ0v) is 14.8. The SMILES string of the molecule is CCN(CC)c1ccc(CNC(=O)c2cccc([N+](=O)[O-])c2C)cc1. The van der Waals surface area contributed by atoms with Crippen LogP contribution in [0, 0.1) is 17.0 Å². The number of nitro benzene ring substituents is 1. The fraction of sp³-hybridized carbons (Fsp3) is 0.316. The van der Waals surface area contributed by atoms with Crippen LogP contribution in [-0.2, 0) is 6.54 Å². The quantitative estimate of drug-likeness (QED) is 0.616. The predicted molar refractivity (Wildman–Crippen MR) is 99.0 cm³/mol. The molecule has 0 spiro atoms. The van der Waals surface area contributed by atoms with Crippen LogP contribution >= 0.6 is 0 Å². The summed E-state index contributed by atoms with van der Waals surface area (Å²) < 4.78 is 0. The van der Waals surface area contributed by atoms with Gasteiger partial charge in [0.1, 0.15) is 0 Å². The first-order valence-electron chi connectivity index (χ1n) is 8.34. The highest BCUT2D eigenvalue weighted by atomic mass is 16.6. The van der Waals surface area contributed by atoms with Crippen molar-refractivity contribution < 1.29 is 9.72 Å². The summed E-state index contributed by atoms with van der Waals surface area (Å²) in [5.74, 6) is -0.311. The van der Waals surface area contributed by atoms with Gasteiger partial charge in [-0.1, -0.05) is 18.2 Å². The van der Waals surface area contributed by atoms with Gasteiger partial charge in [-0.25, -0.2) is 0 Å². The molecule has 1 amide bonds. The van der Waals surface area contributed by atoms with E-state index in [2.05, 4.69) is 24.1 Å². The molecule has 2 aromatic carbocycles. The number of nitrogens with zero attached hydrogens (tertiary/aromatic N) is 2. The van der Waals surface area contributed by atoms with Gasteiger partial charge in [0, 0.05) is 42.5 Å². The molecule has 0 fully saturated rings. The minimum Gasteiger partial charge on any atom is -0.372 e. The van der Waals surface area contributed by atoms with Crippen LogP contribution in [0.5, 0.6) is 0 Å². The van der Waals surface area contributed by atoms with Crippen molar-refractivity contribution in [2.24, 2.45) is 0 Å². The molecule has 0 saturated heterocycles. The van der Waals surface area contributed by atoms with Crippen molar-refractivity contribution in [1.82, 2.24) is 5.32 Å². The number of nitro groups is 1. The maximum atomic E-state index is 12.3. The molecule has 2 aromatic rings. The van der Waals surface area contributed by atoms with E-state index in [9.17, 15) is 14.9 Å². The van der Waals surface area contributed by atoms with Crippen LogP contribution < -0.4 is 10.2 Å². The Morgan fingerprint density at radius 3 is 2.32 bits per heavy atom. The maximum Gasteiger partial charge on any atom is 0.273 e. The van der Waals surface area contributed by atoms with Crippen molar-refractivity contribution in [3.05, 3.63) is 69.3 Å². The van der Waals surface area contributed by atoms with Crippen molar-refractivity contribution in [1.29, 1.82) is 0 Å². The largest absolute Gasteiger partial charge is 0.372 e. The Balaban J connectivity index is 2.05. The van der Waals surface area contributed by atoms with E-state index in [0.29, 0.717) is 17.7 Å². The van der Waals surface area contributed by atoms with Crippen molar-refractivity contribution >= 4 is 17.3 Å². The van der Waals surface area contributed by atoms with E-state index < -0.39 is 4.92 Å². The van der Waals surface area contributed by atoms with E-state index in [0.717, 1.165) is 24.3 Å². The van der Waals surface area contributed by atoms with Crippen molar-refractivity contribution in [3.8, 4) is 0 Å². The summed E-state index contributed by atoms with van der Waals surface area (Å²) in [5.41, 5.74) is 2.79. The summed E-state index contributed by atoms with van der Waals surface area (Å²) >= 11 is 0. The van der Waals surface area contributed by atoms with E-state index >= 15 is 0 Å². The lowest BCUT2D eigenvalue weighted by atomic mass is 10.1. The number of benzene rings is 2. The van der Waals surface area contributed by atoms with Crippen molar-refractivity contribution in [2.75, 3.05) is 18.0 Å². The van der Waals surface area contributed by atoms with Gasteiger partial charge in [0.15, 0.2) is 0 Å². The van der Waals surface area contributed by atoms with Crippen LogP contribution in [0.2, 0.25) is 0 Å². The second-order valence-electron chi connectivity index (χ2n) is 5.73. The molecular weight excluding hydrogens is 318 g/mol. The highest BCUT2D eigenvalue weighted by Gasteiger charge is 2.17. The molecule has 25 heavy (non-hydrogen) atoms. The smallest absolute Gasteiger partial charge is 0.273 e. The number of carbonyl (C=O) groups is 1. The third-order valence-corrected chi connectivity index (χ3v) is 4.26. The molecule has 0 aliphatic carbocycles. The van der Waals surface area contributed by atoms with Crippen LogP contribution in [0.4, 0.5) is 11.4 Å². The van der Waals surface area contributed by atoms with Crippen LogP contribution in [0.25, 0.3) is 0 Å². The standard InChI is InChI=1S/C19H23N3O3/c1-4-21(5-2)16-11-9-15(10-12-16)13-20-19(23)17-7-6-8-18(14(17)3)22(24)25/h6-12H,4-5,13H2,1-3H3,(H,20,23). The Kier molecular flexibility index (Phi) is 6.11. The Morgan fingerprint density at radius 2 is 1.76 bits per heavy atom. The minimum atomic E-state index is -0.474. The van der Waals surface area contributed by atoms with E-state index in [1.54, 1.807) is 13.0 Å². The molecule has 0 heterocycles. The number of hydrogen-bond acceptors (Lipinski definition) is 4. The van der Waals surface area contributed by atoms with Gasteiger partial charge in [0.2, 0.25) is 0 Å². The Bertz CT molecular complexity index is 753. The number of hydrogen-bond donors (Lipinski definition) is 1. The van der Waals surface area contributed by atoms with Crippen LogP contribution in [0.1, 0.15) is 35.3 Å². The summed E-state index contributed by atoms with van der Waals surface area (Å²) in [6, 6.07) is 12.6. The molecule has 0 unspecified atom stereocenters. The van der Waals surface area contributed by atoms with Gasteiger partial charge in [-0.2, -0.15) is 0 Å². The fourth-order valence-electron chi connectivity index (χ4n) is 2.76. The summed E-state index contributed by atoms with van der Waals surface area (Å²) in [7, 11) is 0. The lowest BCUT2D eigenvalue weighted by Crippen LogP contribution is -2.24. The van der Waals surface area contributed by atoms with Crippen molar-refractivity contribution in [3.63, 3.8) is 0 Å². The Labute approximate surface area is 147 Å². The first kappa shape index (κ1) is 18.4. The normalized spacial score (nSPS) is 10.4. The Morgan fingerprint density at radius 1 is 1.12 bits per heavy atom. The molecule has 0 aliphatic heterocycles. The topological polar surface area (TPSA) is 75.5 Å². The van der Waals surface area contributed by atoms with E-state index in [1.807, 2.05) is 24.3 Å². The van der Waals surface area contributed by atoms with Crippen LogP contribution in [-0.4, -0.2) is 23.9 Å². The molecule has 0 atom stereocenters. The van der Waals surface area contributed by atoms with E-state index in [1.165, 1.54) is 12.1 Å². The molecule has 1 N–H and O–H groups in total. The van der Waals surface area contributed by atoms with Gasteiger partial charge in [0.25, 0.3) is 11.6 Å². The zero-order valence-electron chi connectivity index (χ0n) is 14.8. The fourth-order valence-corrected chi connectivity index (χ4v) is 2.76. The lowest BCUT2D eigenvalue weighted by Gasteiger charge is -2.21. The van der Waals surface area contributed by atoms with Crippen LogP contribution in [0.3, 0.4) is 0 Å². The number of anilines is 1. The predicted octanol–water partition coefficient (Wildman–Crippen LogP) is 3.68. The van der Waals surface area contributed by atoms with Gasteiger partial charge in [-0.05, 0) is 44.5 Å². The molecule has 2 rings (SSSR count). The minimum absolute atomic E-state index is 0.0452. The lowest BCUT2D eigenvalue weighted by molar-refractivity contribution is -0.385. The van der Waals surface area contributed by atoms with Crippen molar-refractivity contribution in [2.45, 2.75) is 27.3 Å². The molecule has 0 aromatic heterocycles. The third kappa shape index (κ3) is 4.35. The van der Waals surface area contributed by atoms with Gasteiger partial charge in [-0.15, -0.1) is 0 Å². The second kappa shape index (κ2) is 8.28. The first-order valence-corrected chi connectivity index (χ1v) is 8.34. The highest BCUT2D eigenvalue weighted by molar-refractivity contribution is 5.96. The highest BCUT2D eigenvalue weighted by Crippen LogP contribution is 2.21. The summed E-state index contributed by atoms with van der Waals surface area (Å²) in [6.45, 7) is 8.07. The van der Waals surface area contributed by atoms with E-state index in [4.69, 9.17) is 0 Å². The zero-order chi connectivity index (χ0) is 18.4. The number of carbonyl (C=O) groups excluding carboxylic acids is 1. The molecule has 0 aliphatic rings. The van der Waals surface area contributed by atoms with Gasteiger partial charge in [-0.3, -0.25) is 14.9 Å². The molecule has 6 heteroatoms. The summed E-state index contributed by atoms with van der Waals surface area (Å²) in [5, 5.41) is 13.8. The number of rotatable bonds is 7. The average Bonchev–Trinajstić information content (AvgIpc) is 2.61. The molecule has 6 nitrogen and oxygen atoms in total. The maximum absolute atomic E-state index is 12.3. The van der Waals surface area contributed by atoms with Gasteiger partial charge < -0.3 is 10.2 Å². The van der Waals surface area contributed by atoms with Gasteiger partial charge >= 0.3 is 0 Å².